The van der Waals surface area contributed by atoms with E-state index in [-0.39, 0.29) is 0 Å². The molecular formula is C44H26N2. The normalized spacial score (nSPS) is 12.3. The number of hydrogen-bond donors (Lipinski definition) is 0. The van der Waals surface area contributed by atoms with Crippen molar-refractivity contribution in [3.05, 3.63) is 158 Å². The Morgan fingerprint density at radius 2 is 1.02 bits per heavy atom. The molecule has 0 saturated heterocycles. The zero-order chi connectivity index (χ0) is 29.9. The summed E-state index contributed by atoms with van der Waals surface area (Å²) < 4.78 is 4.93. The first-order chi connectivity index (χ1) is 22.8. The number of fused-ring (bicyclic) bond motifs is 11. The average Bonchev–Trinajstić information content (AvgIpc) is 3.74. The highest BCUT2D eigenvalue weighted by atomic mass is 15.0. The first-order valence-electron chi connectivity index (χ1n) is 15.9. The van der Waals surface area contributed by atoms with Crippen molar-refractivity contribution in [1.82, 2.24) is 9.13 Å². The molecule has 0 bridgehead atoms. The molecule has 0 saturated carbocycles. The molecule has 212 valence electrons. The molecule has 0 N–H and O–H groups in total. The van der Waals surface area contributed by atoms with Crippen molar-refractivity contribution in [2.45, 2.75) is 0 Å². The first-order valence-corrected chi connectivity index (χ1v) is 15.9. The van der Waals surface area contributed by atoms with E-state index in [9.17, 15) is 0 Å². The summed E-state index contributed by atoms with van der Waals surface area (Å²) in [6.07, 6.45) is 0. The van der Waals surface area contributed by atoms with Crippen LogP contribution in [0.25, 0.3) is 98.8 Å². The molecule has 0 aliphatic heterocycles. The molecule has 0 unspecified atom stereocenters. The highest BCUT2D eigenvalue weighted by Crippen LogP contribution is 2.52. The van der Waals surface area contributed by atoms with Crippen LogP contribution in [-0.4, -0.2) is 9.13 Å². The molecule has 10 aromatic rings. The minimum atomic E-state index is 1.17. The van der Waals surface area contributed by atoms with Crippen LogP contribution in [0.3, 0.4) is 0 Å². The van der Waals surface area contributed by atoms with E-state index in [2.05, 4.69) is 167 Å². The molecule has 0 amide bonds. The van der Waals surface area contributed by atoms with Crippen LogP contribution in [0.1, 0.15) is 0 Å². The molecule has 2 heteroatoms. The van der Waals surface area contributed by atoms with Gasteiger partial charge in [-0.25, -0.2) is 0 Å². The predicted octanol–water partition coefficient (Wildman–Crippen LogP) is 11.8. The predicted molar refractivity (Wildman–Crippen MR) is 195 cm³/mol. The lowest BCUT2D eigenvalue weighted by Crippen LogP contribution is -1.96. The van der Waals surface area contributed by atoms with Gasteiger partial charge in [0.05, 0.1) is 22.1 Å². The Morgan fingerprint density at radius 1 is 0.326 bits per heavy atom. The fourth-order valence-electron chi connectivity index (χ4n) is 8.28. The van der Waals surface area contributed by atoms with Crippen molar-refractivity contribution in [1.29, 1.82) is 0 Å². The summed E-state index contributed by atoms with van der Waals surface area (Å²) in [5.41, 5.74) is 12.6. The van der Waals surface area contributed by atoms with Crippen LogP contribution in [0, 0.1) is 0 Å². The van der Waals surface area contributed by atoms with Gasteiger partial charge in [0.2, 0.25) is 0 Å². The maximum absolute atomic E-state index is 2.51. The fourth-order valence-corrected chi connectivity index (χ4v) is 8.28. The molecule has 1 aliphatic carbocycles. The highest BCUT2D eigenvalue weighted by Gasteiger charge is 2.27. The van der Waals surface area contributed by atoms with Gasteiger partial charge in [-0.05, 0) is 86.8 Å². The average molecular weight is 583 g/mol. The minimum absolute atomic E-state index is 1.17. The lowest BCUT2D eigenvalue weighted by molar-refractivity contribution is 1.17. The van der Waals surface area contributed by atoms with E-state index in [1.807, 2.05) is 0 Å². The van der Waals surface area contributed by atoms with Crippen LogP contribution < -0.4 is 0 Å². The van der Waals surface area contributed by atoms with E-state index in [0.29, 0.717) is 0 Å². The Labute approximate surface area is 265 Å². The summed E-state index contributed by atoms with van der Waals surface area (Å²) in [5, 5.41) is 10.3. The third kappa shape index (κ3) is 3.05. The van der Waals surface area contributed by atoms with E-state index in [4.69, 9.17) is 0 Å². The van der Waals surface area contributed by atoms with Crippen LogP contribution in [-0.2, 0) is 0 Å². The van der Waals surface area contributed by atoms with Gasteiger partial charge in [-0.1, -0.05) is 109 Å². The molecule has 8 aromatic carbocycles. The molecule has 2 nitrogen and oxygen atoms in total. The SMILES string of the molecule is c1ccc(-n2c3ccc(-n4c5ccccc5c5ccc6c(c54)-c4cccc5cccc-6c45)cc3c3cc4ccccc4cc32)cc1. The van der Waals surface area contributed by atoms with Crippen LogP contribution in [0.4, 0.5) is 0 Å². The van der Waals surface area contributed by atoms with E-state index >= 15 is 0 Å². The van der Waals surface area contributed by atoms with Crippen LogP contribution in [0.2, 0.25) is 0 Å². The van der Waals surface area contributed by atoms with Gasteiger partial charge >= 0.3 is 0 Å². The molecule has 46 heavy (non-hydrogen) atoms. The summed E-state index contributed by atoms with van der Waals surface area (Å²) in [4.78, 5) is 0. The molecule has 0 radical (unpaired) electrons. The van der Waals surface area contributed by atoms with E-state index < -0.39 is 0 Å². The molecule has 0 atom stereocenters. The van der Waals surface area contributed by atoms with Gasteiger partial charge in [0.25, 0.3) is 0 Å². The number of aromatic nitrogens is 2. The minimum Gasteiger partial charge on any atom is -0.309 e. The van der Waals surface area contributed by atoms with Gasteiger partial charge in [0.1, 0.15) is 0 Å². The van der Waals surface area contributed by atoms with Crippen molar-refractivity contribution < 1.29 is 0 Å². The second kappa shape index (κ2) is 8.74. The van der Waals surface area contributed by atoms with Gasteiger partial charge < -0.3 is 9.13 Å². The van der Waals surface area contributed by atoms with Crippen molar-refractivity contribution >= 4 is 65.2 Å². The second-order valence-corrected chi connectivity index (χ2v) is 12.5. The van der Waals surface area contributed by atoms with Crippen molar-refractivity contribution in [3.8, 4) is 33.6 Å². The summed E-state index contributed by atoms with van der Waals surface area (Å²) in [6.45, 7) is 0. The summed E-state index contributed by atoms with van der Waals surface area (Å²) in [7, 11) is 0. The smallest absolute Gasteiger partial charge is 0.0625 e. The Morgan fingerprint density at radius 3 is 1.89 bits per heavy atom. The Bertz CT molecular complexity index is 2900. The summed E-state index contributed by atoms with van der Waals surface area (Å²) in [6, 6.07) is 58.2. The van der Waals surface area contributed by atoms with Crippen LogP contribution in [0.5, 0.6) is 0 Å². The van der Waals surface area contributed by atoms with Crippen molar-refractivity contribution in [2.24, 2.45) is 0 Å². The Balaban J connectivity index is 1.28. The number of rotatable bonds is 2. The molecule has 2 heterocycles. The lowest BCUT2D eigenvalue weighted by atomic mass is 10.00. The number of benzene rings is 8. The molecular weight excluding hydrogens is 556 g/mol. The number of para-hydroxylation sites is 2. The van der Waals surface area contributed by atoms with E-state index in [1.165, 1.54) is 98.8 Å². The van der Waals surface area contributed by atoms with E-state index in [0.717, 1.165) is 0 Å². The second-order valence-electron chi connectivity index (χ2n) is 12.5. The van der Waals surface area contributed by atoms with Gasteiger partial charge in [-0.3, -0.25) is 0 Å². The van der Waals surface area contributed by atoms with Crippen molar-refractivity contribution in [2.75, 3.05) is 0 Å². The third-order valence-electron chi connectivity index (χ3n) is 10.2. The zero-order valence-corrected chi connectivity index (χ0v) is 24.9. The van der Waals surface area contributed by atoms with Gasteiger partial charge in [0.15, 0.2) is 0 Å². The number of hydrogen-bond acceptors (Lipinski definition) is 0. The van der Waals surface area contributed by atoms with Crippen LogP contribution >= 0.6 is 0 Å². The van der Waals surface area contributed by atoms with Gasteiger partial charge in [-0.15, -0.1) is 0 Å². The molecule has 0 spiro atoms. The molecule has 0 fully saturated rings. The zero-order valence-electron chi connectivity index (χ0n) is 24.9. The first kappa shape index (κ1) is 24.2. The maximum atomic E-state index is 2.51. The Hall–Kier alpha value is -6.12. The Kier molecular flexibility index (Phi) is 4.61. The number of nitrogens with zero attached hydrogens (tertiary/aromatic N) is 2. The van der Waals surface area contributed by atoms with Crippen molar-refractivity contribution in [3.63, 3.8) is 0 Å². The lowest BCUT2D eigenvalue weighted by Gasteiger charge is -2.13. The van der Waals surface area contributed by atoms with Gasteiger partial charge in [-0.2, -0.15) is 0 Å². The monoisotopic (exact) mass is 582 g/mol. The molecule has 11 rings (SSSR count). The topological polar surface area (TPSA) is 9.86 Å². The summed E-state index contributed by atoms with van der Waals surface area (Å²) in [5.74, 6) is 0. The third-order valence-corrected chi connectivity index (χ3v) is 10.2. The largest absolute Gasteiger partial charge is 0.309 e. The van der Waals surface area contributed by atoms with E-state index in [1.54, 1.807) is 0 Å². The molecule has 1 aliphatic rings. The van der Waals surface area contributed by atoms with Crippen LogP contribution in [0.15, 0.2) is 158 Å². The molecule has 2 aromatic heterocycles. The standard InChI is InChI=1S/C44H26N2/c1-2-14-30(15-3-1)45-40-23-20-31(26-38(40)37-24-28-10-4-5-11-29(28)25-41(37)45)46-39-19-7-6-16-32(39)35-22-21-34-33-17-8-12-27-13-9-18-36(42(27)33)43(34)44(35)46/h1-26H. The summed E-state index contributed by atoms with van der Waals surface area (Å²) >= 11 is 0. The highest BCUT2D eigenvalue weighted by molar-refractivity contribution is 6.25. The maximum Gasteiger partial charge on any atom is 0.0625 e. The fraction of sp³-hybridized carbons (Fsp3) is 0. The quantitative estimate of drug-likeness (QED) is 0.192. The van der Waals surface area contributed by atoms with Gasteiger partial charge in [0, 0.05) is 38.5 Å².